The molecule has 29 heavy (non-hydrogen) atoms. The first kappa shape index (κ1) is 21.2. The van der Waals surface area contributed by atoms with E-state index < -0.39 is 43.3 Å². The van der Waals surface area contributed by atoms with E-state index in [0.29, 0.717) is 11.3 Å². The normalized spacial score (nSPS) is 26.8. The smallest absolute Gasteiger partial charge is 0.337 e. The first-order chi connectivity index (χ1) is 13.8. The molecule has 0 aromatic heterocycles. The van der Waals surface area contributed by atoms with Crippen LogP contribution >= 0.6 is 0 Å². The predicted octanol–water partition coefficient (Wildman–Crippen LogP) is 0.627. The van der Waals surface area contributed by atoms with Gasteiger partial charge in [0.05, 0.1) is 19.3 Å². The number of rotatable bonds is 5. The van der Waals surface area contributed by atoms with Crippen molar-refractivity contribution >= 4 is 5.97 Å². The van der Waals surface area contributed by atoms with E-state index in [0.717, 1.165) is 16.7 Å². The summed E-state index contributed by atoms with van der Waals surface area (Å²) >= 11 is 0. The zero-order chi connectivity index (χ0) is 21.1. The van der Waals surface area contributed by atoms with Crippen LogP contribution in [-0.4, -0.2) is 70.8 Å². The van der Waals surface area contributed by atoms with Crippen LogP contribution in [0.5, 0.6) is 5.75 Å². The second kappa shape index (κ2) is 8.89. The number of hydrogen-bond acceptors (Lipinski definition) is 8. The molecule has 0 saturated carbocycles. The summed E-state index contributed by atoms with van der Waals surface area (Å²) in [6.45, 7) is 1.27. The number of carbonyl (C=O) groups is 1. The minimum atomic E-state index is -1.51. The minimum absolute atomic E-state index is 0.405. The molecule has 0 amide bonds. The van der Waals surface area contributed by atoms with Crippen molar-refractivity contribution in [2.45, 2.75) is 37.6 Å². The molecule has 5 atom stereocenters. The summed E-state index contributed by atoms with van der Waals surface area (Å²) in [7, 11) is 1.32. The Labute approximate surface area is 167 Å². The standard InChI is InChI=1S/C21H24O8/c1-11-8-13(12-4-3-5-14(9-12)20(26)27-2)6-7-15(11)28-21-19(25)18(24)17(23)16(10-22)29-21/h3-9,16-19,21-25H,10H2,1-2H3/t16-,17+,18+,19-,21?/m0/s1. The first-order valence-corrected chi connectivity index (χ1v) is 9.12. The third kappa shape index (κ3) is 4.42. The molecule has 1 fully saturated rings. The highest BCUT2D eigenvalue weighted by Gasteiger charge is 2.44. The fourth-order valence-corrected chi connectivity index (χ4v) is 3.19. The van der Waals surface area contributed by atoms with Crippen LogP contribution in [0.25, 0.3) is 11.1 Å². The SMILES string of the molecule is COC(=O)c1cccc(-c2ccc(OC3O[C@@H](CO)[C@@H](O)[C@@H](O)[C@@H]3O)c(C)c2)c1. The molecule has 0 bridgehead atoms. The second-order valence-corrected chi connectivity index (χ2v) is 6.87. The first-order valence-electron chi connectivity index (χ1n) is 9.12. The molecule has 156 valence electrons. The van der Waals surface area contributed by atoms with Crippen molar-refractivity contribution in [3.63, 3.8) is 0 Å². The van der Waals surface area contributed by atoms with Crippen LogP contribution in [0, 0.1) is 6.92 Å². The van der Waals surface area contributed by atoms with Crippen LogP contribution < -0.4 is 4.74 Å². The molecule has 3 rings (SSSR count). The van der Waals surface area contributed by atoms with E-state index in [1.807, 2.05) is 12.1 Å². The highest BCUT2D eigenvalue weighted by Crippen LogP contribution is 2.30. The van der Waals surface area contributed by atoms with E-state index in [2.05, 4.69) is 0 Å². The van der Waals surface area contributed by atoms with Gasteiger partial charge < -0.3 is 34.6 Å². The van der Waals surface area contributed by atoms with E-state index in [1.165, 1.54) is 7.11 Å². The fraction of sp³-hybridized carbons (Fsp3) is 0.381. The van der Waals surface area contributed by atoms with Crippen molar-refractivity contribution in [1.82, 2.24) is 0 Å². The van der Waals surface area contributed by atoms with Crippen LogP contribution in [-0.2, 0) is 9.47 Å². The zero-order valence-electron chi connectivity index (χ0n) is 16.1. The second-order valence-electron chi connectivity index (χ2n) is 6.87. The van der Waals surface area contributed by atoms with Crippen LogP contribution in [0.4, 0.5) is 0 Å². The lowest BCUT2D eigenvalue weighted by Crippen LogP contribution is -2.60. The Morgan fingerprint density at radius 3 is 2.41 bits per heavy atom. The summed E-state index contributed by atoms with van der Waals surface area (Å²) in [5, 5.41) is 39.2. The van der Waals surface area contributed by atoms with Gasteiger partial charge in [-0.05, 0) is 47.9 Å². The third-order valence-corrected chi connectivity index (χ3v) is 4.88. The molecule has 2 aromatic carbocycles. The Hall–Kier alpha value is -2.49. The van der Waals surface area contributed by atoms with Gasteiger partial charge in [-0.3, -0.25) is 0 Å². The zero-order valence-corrected chi connectivity index (χ0v) is 16.1. The molecule has 1 aliphatic rings. The Kier molecular flexibility index (Phi) is 6.51. The number of aliphatic hydroxyl groups is 4. The molecule has 0 aliphatic carbocycles. The summed E-state index contributed by atoms with van der Waals surface area (Å²) in [5.74, 6) is -0.0201. The average Bonchev–Trinajstić information content (AvgIpc) is 2.74. The topological polar surface area (TPSA) is 126 Å². The number of ether oxygens (including phenoxy) is 3. The van der Waals surface area contributed by atoms with Gasteiger partial charge in [0.15, 0.2) is 0 Å². The number of aryl methyl sites for hydroxylation is 1. The highest BCUT2D eigenvalue weighted by molar-refractivity contribution is 5.91. The maximum Gasteiger partial charge on any atom is 0.337 e. The molecule has 1 heterocycles. The number of methoxy groups -OCH3 is 1. The van der Waals surface area contributed by atoms with Gasteiger partial charge in [0.1, 0.15) is 30.2 Å². The third-order valence-electron chi connectivity index (χ3n) is 4.88. The van der Waals surface area contributed by atoms with Gasteiger partial charge in [0, 0.05) is 0 Å². The number of hydrogen-bond donors (Lipinski definition) is 4. The minimum Gasteiger partial charge on any atom is -0.465 e. The fourth-order valence-electron chi connectivity index (χ4n) is 3.19. The van der Waals surface area contributed by atoms with Gasteiger partial charge >= 0.3 is 5.97 Å². The summed E-state index contributed by atoms with van der Waals surface area (Å²) in [4.78, 5) is 11.7. The van der Waals surface area contributed by atoms with Crippen molar-refractivity contribution in [2.24, 2.45) is 0 Å². The maximum absolute atomic E-state index is 11.7. The van der Waals surface area contributed by atoms with E-state index in [-0.39, 0.29) is 0 Å². The number of carbonyl (C=O) groups excluding carboxylic acids is 1. The van der Waals surface area contributed by atoms with Crippen molar-refractivity contribution in [1.29, 1.82) is 0 Å². The van der Waals surface area contributed by atoms with Gasteiger partial charge in [0.25, 0.3) is 0 Å². The number of aliphatic hydroxyl groups excluding tert-OH is 4. The van der Waals surface area contributed by atoms with Crippen LogP contribution in [0.1, 0.15) is 15.9 Å². The van der Waals surface area contributed by atoms with Gasteiger partial charge in [-0.15, -0.1) is 0 Å². The lowest BCUT2D eigenvalue weighted by atomic mass is 9.99. The van der Waals surface area contributed by atoms with Gasteiger partial charge in [-0.25, -0.2) is 4.79 Å². The summed E-state index contributed by atoms with van der Waals surface area (Å²) in [6, 6.07) is 12.3. The van der Waals surface area contributed by atoms with Crippen LogP contribution in [0.2, 0.25) is 0 Å². The molecule has 4 N–H and O–H groups in total. The lowest BCUT2D eigenvalue weighted by molar-refractivity contribution is -0.277. The summed E-state index contributed by atoms with van der Waals surface area (Å²) < 4.78 is 15.8. The largest absolute Gasteiger partial charge is 0.465 e. The van der Waals surface area contributed by atoms with E-state index in [9.17, 15) is 25.2 Å². The number of esters is 1. The van der Waals surface area contributed by atoms with Crippen LogP contribution in [0.15, 0.2) is 42.5 Å². The summed E-state index contributed by atoms with van der Waals surface area (Å²) in [5.41, 5.74) is 2.82. The quantitative estimate of drug-likeness (QED) is 0.535. The average molecular weight is 404 g/mol. The van der Waals surface area contributed by atoms with Crippen molar-refractivity contribution in [3.05, 3.63) is 53.6 Å². The molecular formula is C21H24O8. The highest BCUT2D eigenvalue weighted by atomic mass is 16.7. The maximum atomic E-state index is 11.7. The molecule has 0 radical (unpaired) electrons. The Balaban J connectivity index is 1.81. The van der Waals surface area contributed by atoms with Gasteiger partial charge in [-0.2, -0.15) is 0 Å². The molecule has 8 nitrogen and oxygen atoms in total. The van der Waals surface area contributed by atoms with Crippen molar-refractivity contribution in [3.8, 4) is 16.9 Å². The lowest BCUT2D eigenvalue weighted by Gasteiger charge is -2.39. The monoisotopic (exact) mass is 404 g/mol. The molecule has 2 aromatic rings. The van der Waals surface area contributed by atoms with E-state index in [1.54, 1.807) is 37.3 Å². The molecule has 8 heteroatoms. The molecule has 0 spiro atoms. The van der Waals surface area contributed by atoms with Crippen LogP contribution in [0.3, 0.4) is 0 Å². The van der Waals surface area contributed by atoms with E-state index >= 15 is 0 Å². The molecule has 1 aliphatic heterocycles. The molecular weight excluding hydrogens is 380 g/mol. The van der Waals surface area contributed by atoms with Crippen molar-refractivity contribution in [2.75, 3.05) is 13.7 Å². The van der Waals surface area contributed by atoms with Crippen molar-refractivity contribution < 1.29 is 39.4 Å². The van der Waals surface area contributed by atoms with Gasteiger partial charge in [0.2, 0.25) is 6.29 Å². The van der Waals surface area contributed by atoms with E-state index in [4.69, 9.17) is 14.2 Å². The Morgan fingerprint density at radius 2 is 1.76 bits per heavy atom. The Bertz CT molecular complexity index is 866. The Morgan fingerprint density at radius 1 is 1.03 bits per heavy atom. The number of benzene rings is 2. The van der Waals surface area contributed by atoms with Gasteiger partial charge in [-0.1, -0.05) is 18.2 Å². The predicted molar refractivity (Wildman–Crippen MR) is 102 cm³/mol. The molecule has 1 saturated heterocycles. The molecule has 1 unspecified atom stereocenters. The summed E-state index contributed by atoms with van der Waals surface area (Å²) in [6.07, 6.45) is -6.73.